The molecule has 0 spiro atoms. The molecule has 0 amide bonds. The lowest BCUT2D eigenvalue weighted by Crippen LogP contribution is -2.44. The van der Waals surface area contributed by atoms with Crippen LogP contribution in [0.5, 0.6) is 0 Å². The van der Waals surface area contributed by atoms with Crippen molar-refractivity contribution in [2.45, 2.75) is 12.5 Å². The van der Waals surface area contributed by atoms with Gasteiger partial charge in [0, 0.05) is 24.6 Å². The second-order valence-electron chi connectivity index (χ2n) is 4.13. The molecule has 114 valence electrons. The minimum Gasteiger partial charge on any atom is -0.468 e. The number of sulfonamides is 1. The molecule has 0 fully saturated rings. The maximum atomic E-state index is 11.7. The van der Waals surface area contributed by atoms with Crippen LogP contribution in [0.15, 0.2) is 12.5 Å². The van der Waals surface area contributed by atoms with Crippen molar-refractivity contribution in [2.75, 3.05) is 18.5 Å². The number of nitrogens with zero attached hydrogens (tertiary/aromatic N) is 1. The third kappa shape index (κ3) is 5.67. The van der Waals surface area contributed by atoms with Gasteiger partial charge in [-0.3, -0.25) is 4.79 Å². The van der Waals surface area contributed by atoms with E-state index in [9.17, 15) is 21.6 Å². The van der Waals surface area contributed by atoms with Crippen molar-refractivity contribution >= 4 is 25.8 Å². The van der Waals surface area contributed by atoms with Crippen LogP contribution in [0.3, 0.4) is 0 Å². The van der Waals surface area contributed by atoms with Gasteiger partial charge in [0.15, 0.2) is 14.9 Å². The Balaban J connectivity index is 2.87. The van der Waals surface area contributed by atoms with Gasteiger partial charge >= 0.3 is 5.97 Å². The number of hydrogen-bond acceptors (Lipinski definition) is 7. The molecule has 2 N–H and O–H groups in total. The predicted molar refractivity (Wildman–Crippen MR) is 69.9 cm³/mol. The number of aromatic nitrogens is 2. The zero-order valence-electron chi connectivity index (χ0n) is 10.9. The molecule has 1 aromatic rings. The summed E-state index contributed by atoms with van der Waals surface area (Å²) in [7, 11) is -6.81. The van der Waals surface area contributed by atoms with Crippen LogP contribution in [0.2, 0.25) is 0 Å². The fraction of sp³-hybridized carbons (Fsp3) is 0.556. The topological polar surface area (TPSA) is 135 Å². The minimum atomic E-state index is -4.17. The molecule has 0 radical (unpaired) electrons. The number of H-pyrrole nitrogens is 1. The van der Waals surface area contributed by atoms with Crippen molar-refractivity contribution < 1.29 is 26.4 Å². The van der Waals surface area contributed by atoms with Gasteiger partial charge in [-0.15, -0.1) is 0 Å². The summed E-state index contributed by atoms with van der Waals surface area (Å²) in [5, 5.41) is -1.10. The number of carbonyl (C=O) groups excluding carboxylic acids is 1. The van der Waals surface area contributed by atoms with Crippen molar-refractivity contribution in [3.05, 3.63) is 18.2 Å². The van der Waals surface area contributed by atoms with Crippen molar-refractivity contribution in [3.8, 4) is 0 Å². The molecular weight excluding hydrogens is 310 g/mol. The molecule has 0 aliphatic rings. The van der Waals surface area contributed by atoms with Crippen molar-refractivity contribution in [1.29, 1.82) is 0 Å². The number of ether oxygens (including phenoxy) is 1. The summed E-state index contributed by atoms with van der Waals surface area (Å²) < 4.78 is 51.9. The van der Waals surface area contributed by atoms with E-state index in [0.717, 1.165) is 13.4 Å². The SMILES string of the molecule is COC(=O)[C@H](Cc1cnc[nH]1)NS(=O)(=O)CS(C)(=O)=O. The summed E-state index contributed by atoms with van der Waals surface area (Å²) in [4.78, 5) is 18.0. The van der Waals surface area contributed by atoms with Crippen LogP contribution >= 0.6 is 0 Å². The lowest BCUT2D eigenvalue weighted by Gasteiger charge is -2.15. The summed E-state index contributed by atoms with van der Waals surface area (Å²) in [6.07, 6.45) is 3.54. The van der Waals surface area contributed by atoms with Crippen molar-refractivity contribution in [1.82, 2.24) is 14.7 Å². The van der Waals surface area contributed by atoms with E-state index < -0.39 is 37.0 Å². The maximum absolute atomic E-state index is 11.7. The van der Waals surface area contributed by atoms with Crippen LogP contribution in [0.1, 0.15) is 5.69 Å². The molecule has 0 aliphatic carbocycles. The molecule has 1 rings (SSSR count). The molecule has 0 aliphatic heterocycles. The minimum absolute atomic E-state index is 0.0321. The molecular formula is C9H15N3O6S2. The lowest BCUT2D eigenvalue weighted by atomic mass is 10.2. The molecule has 1 heterocycles. The van der Waals surface area contributed by atoms with Crippen molar-refractivity contribution in [3.63, 3.8) is 0 Å². The third-order valence-corrected chi connectivity index (χ3v) is 5.75. The third-order valence-electron chi connectivity index (χ3n) is 2.16. The van der Waals surface area contributed by atoms with E-state index in [2.05, 4.69) is 14.7 Å². The van der Waals surface area contributed by atoms with Gasteiger partial charge in [0.2, 0.25) is 10.0 Å². The van der Waals surface area contributed by atoms with Gasteiger partial charge in [-0.05, 0) is 0 Å². The van der Waals surface area contributed by atoms with Crippen LogP contribution in [0.25, 0.3) is 0 Å². The van der Waals surface area contributed by atoms with E-state index >= 15 is 0 Å². The Morgan fingerprint density at radius 2 is 2.10 bits per heavy atom. The summed E-state index contributed by atoms with van der Waals surface area (Å²) >= 11 is 0. The Bertz CT molecular complexity index is 650. The Labute approximate surface area is 116 Å². The van der Waals surface area contributed by atoms with E-state index in [1.807, 2.05) is 4.72 Å². The smallest absolute Gasteiger partial charge is 0.324 e. The lowest BCUT2D eigenvalue weighted by molar-refractivity contribution is -0.142. The monoisotopic (exact) mass is 325 g/mol. The van der Waals surface area contributed by atoms with Gasteiger partial charge in [-0.1, -0.05) is 0 Å². The highest BCUT2D eigenvalue weighted by Crippen LogP contribution is 2.03. The molecule has 0 unspecified atom stereocenters. The quantitative estimate of drug-likeness (QED) is 0.577. The molecule has 1 aromatic heterocycles. The zero-order chi connectivity index (χ0) is 15.4. The Morgan fingerprint density at radius 1 is 1.45 bits per heavy atom. The number of rotatable bonds is 7. The van der Waals surface area contributed by atoms with E-state index in [-0.39, 0.29) is 6.42 Å². The van der Waals surface area contributed by atoms with E-state index in [4.69, 9.17) is 0 Å². The molecule has 20 heavy (non-hydrogen) atoms. The first-order chi connectivity index (χ1) is 9.13. The van der Waals surface area contributed by atoms with E-state index in [1.54, 1.807) is 0 Å². The van der Waals surface area contributed by atoms with Gasteiger partial charge in [0.25, 0.3) is 0 Å². The summed E-state index contributed by atoms with van der Waals surface area (Å²) in [5.74, 6) is -0.823. The number of imidazole rings is 1. The van der Waals surface area contributed by atoms with E-state index in [0.29, 0.717) is 5.69 Å². The van der Waals surface area contributed by atoms with Crippen molar-refractivity contribution in [2.24, 2.45) is 0 Å². The molecule has 0 aromatic carbocycles. The Morgan fingerprint density at radius 3 is 2.55 bits per heavy atom. The number of sulfone groups is 1. The fourth-order valence-electron chi connectivity index (χ4n) is 1.46. The van der Waals surface area contributed by atoms with Gasteiger partial charge in [0.1, 0.15) is 6.04 Å². The van der Waals surface area contributed by atoms with Gasteiger partial charge in [0.05, 0.1) is 13.4 Å². The average molecular weight is 325 g/mol. The second-order valence-corrected chi connectivity index (χ2v) is 8.39. The van der Waals surface area contributed by atoms with Gasteiger partial charge in [-0.2, -0.15) is 4.72 Å². The normalized spacial score (nSPS) is 13.9. The highest BCUT2D eigenvalue weighted by molar-refractivity contribution is 8.06. The first-order valence-corrected chi connectivity index (χ1v) is 9.07. The summed E-state index contributed by atoms with van der Waals surface area (Å²) in [6, 6.07) is -1.23. The van der Waals surface area contributed by atoms with E-state index in [1.165, 1.54) is 12.5 Å². The average Bonchev–Trinajstić information content (AvgIpc) is 2.76. The fourth-order valence-corrected chi connectivity index (χ4v) is 4.60. The molecule has 0 saturated carbocycles. The molecule has 1 atom stereocenters. The standard InChI is InChI=1S/C9H15N3O6S2/c1-18-9(13)8(3-7-4-10-5-11-7)12-20(16,17)6-19(2,14)15/h4-5,8,12H,3,6H2,1-2H3,(H,10,11)/t8-/m0/s1. The van der Waals surface area contributed by atoms with Crippen LogP contribution < -0.4 is 4.72 Å². The van der Waals surface area contributed by atoms with Gasteiger partial charge < -0.3 is 9.72 Å². The number of hydrogen-bond donors (Lipinski definition) is 2. The largest absolute Gasteiger partial charge is 0.468 e. The highest BCUT2D eigenvalue weighted by Gasteiger charge is 2.28. The molecule has 9 nitrogen and oxygen atoms in total. The molecule has 0 saturated heterocycles. The maximum Gasteiger partial charge on any atom is 0.324 e. The summed E-state index contributed by atoms with van der Waals surface area (Å²) in [6.45, 7) is 0. The van der Waals surface area contributed by atoms with Crippen LogP contribution in [0, 0.1) is 0 Å². The Hall–Kier alpha value is -1.46. The van der Waals surface area contributed by atoms with Gasteiger partial charge in [-0.25, -0.2) is 21.8 Å². The van der Waals surface area contributed by atoms with Crippen LogP contribution in [-0.4, -0.2) is 57.3 Å². The van der Waals surface area contributed by atoms with Crippen LogP contribution in [0.4, 0.5) is 0 Å². The number of esters is 1. The number of nitrogens with one attached hydrogen (secondary N) is 2. The number of carbonyl (C=O) groups is 1. The molecule has 11 heteroatoms. The first kappa shape index (κ1) is 16.6. The van der Waals surface area contributed by atoms with Crippen LogP contribution in [-0.2, 0) is 35.8 Å². The zero-order valence-corrected chi connectivity index (χ0v) is 12.5. The number of methoxy groups -OCH3 is 1. The molecule has 0 bridgehead atoms. The second kappa shape index (κ2) is 6.33. The Kier molecular flexibility index (Phi) is 5.25. The number of aromatic amines is 1. The predicted octanol–water partition coefficient (Wildman–Crippen LogP) is -1.58. The first-order valence-electron chi connectivity index (χ1n) is 5.36. The summed E-state index contributed by atoms with van der Waals surface area (Å²) in [5.41, 5.74) is 0.502. The highest BCUT2D eigenvalue weighted by atomic mass is 32.3.